The summed E-state index contributed by atoms with van der Waals surface area (Å²) >= 11 is 0. The van der Waals surface area contributed by atoms with Crippen LogP contribution >= 0.6 is 0 Å². The molecule has 2 amide bonds. The maximum absolute atomic E-state index is 12.8. The zero-order valence-corrected chi connectivity index (χ0v) is 17.3. The van der Waals surface area contributed by atoms with E-state index >= 15 is 0 Å². The van der Waals surface area contributed by atoms with Gasteiger partial charge in [-0.15, -0.1) is 19.6 Å². The molecule has 0 aliphatic carbocycles. The molecule has 10 heteroatoms. The Morgan fingerprint density at radius 1 is 1.09 bits per heavy atom. The molecule has 1 fully saturated rings. The van der Waals surface area contributed by atoms with E-state index in [0.29, 0.717) is 12.2 Å². The van der Waals surface area contributed by atoms with Crippen molar-refractivity contribution in [3.05, 3.63) is 54.1 Å². The molecule has 2 atom stereocenters. The third-order valence-corrected chi connectivity index (χ3v) is 5.12. The number of terminal acetylenes is 1. The Labute approximate surface area is 188 Å². The third-order valence-electron chi connectivity index (χ3n) is 5.12. The molecule has 7 nitrogen and oxygen atoms in total. The highest BCUT2D eigenvalue weighted by Crippen LogP contribution is 2.32. The van der Waals surface area contributed by atoms with E-state index in [1.807, 2.05) is 0 Å². The van der Waals surface area contributed by atoms with Crippen LogP contribution in [-0.2, 0) is 4.79 Å². The van der Waals surface area contributed by atoms with Gasteiger partial charge in [-0.1, -0.05) is 18.1 Å². The fourth-order valence-electron chi connectivity index (χ4n) is 3.63. The van der Waals surface area contributed by atoms with Gasteiger partial charge in [-0.25, -0.2) is 4.79 Å². The van der Waals surface area contributed by atoms with Crippen LogP contribution in [0.25, 0.3) is 0 Å². The highest BCUT2D eigenvalue weighted by atomic mass is 19.4. The minimum atomic E-state index is -4.81. The summed E-state index contributed by atoms with van der Waals surface area (Å²) in [7, 11) is 0. The van der Waals surface area contributed by atoms with Gasteiger partial charge in [0.1, 0.15) is 18.1 Å². The highest BCUT2D eigenvalue weighted by molar-refractivity contribution is 5.93. The smallest absolute Gasteiger partial charge is 0.481 e. The quantitative estimate of drug-likeness (QED) is 0.625. The van der Waals surface area contributed by atoms with Gasteiger partial charge in [-0.2, -0.15) is 0 Å². The second kappa shape index (κ2) is 10.2. The SMILES string of the molecule is C#CCOc1ccc(C2CC(C(=O)Nc3ccc(OC(F)(F)F)cc3)CN(C(=O)O)C2)cc1. The molecule has 1 heterocycles. The predicted molar refractivity (Wildman–Crippen MR) is 113 cm³/mol. The van der Waals surface area contributed by atoms with Crippen molar-refractivity contribution in [2.24, 2.45) is 5.92 Å². The van der Waals surface area contributed by atoms with Crippen LogP contribution in [0.2, 0.25) is 0 Å². The summed E-state index contributed by atoms with van der Waals surface area (Å²) in [4.78, 5) is 25.6. The van der Waals surface area contributed by atoms with Gasteiger partial charge in [0.15, 0.2) is 0 Å². The predicted octanol–water partition coefficient (Wildman–Crippen LogP) is 4.32. The number of rotatable bonds is 6. The summed E-state index contributed by atoms with van der Waals surface area (Å²) in [5.41, 5.74) is 1.12. The zero-order valence-electron chi connectivity index (χ0n) is 17.3. The molecule has 1 aliphatic rings. The van der Waals surface area contributed by atoms with Crippen LogP contribution in [0.3, 0.4) is 0 Å². The van der Waals surface area contributed by atoms with Gasteiger partial charge in [0.25, 0.3) is 0 Å². The molecule has 0 bridgehead atoms. The monoisotopic (exact) mass is 462 g/mol. The van der Waals surface area contributed by atoms with Gasteiger partial charge >= 0.3 is 12.5 Å². The number of carboxylic acid groups (broad SMARTS) is 1. The van der Waals surface area contributed by atoms with E-state index < -0.39 is 30.0 Å². The molecular weight excluding hydrogens is 441 g/mol. The number of carbonyl (C=O) groups excluding carboxylic acids is 1. The first-order valence-corrected chi connectivity index (χ1v) is 9.95. The lowest BCUT2D eigenvalue weighted by Crippen LogP contribution is -2.46. The molecule has 2 aromatic carbocycles. The van der Waals surface area contributed by atoms with Crippen LogP contribution in [-0.4, -0.2) is 48.1 Å². The maximum atomic E-state index is 12.8. The Morgan fingerprint density at radius 2 is 1.73 bits per heavy atom. The first-order valence-electron chi connectivity index (χ1n) is 9.95. The average molecular weight is 462 g/mol. The number of amides is 2. The van der Waals surface area contributed by atoms with Crippen molar-refractivity contribution in [3.63, 3.8) is 0 Å². The molecule has 2 unspecified atom stereocenters. The summed E-state index contributed by atoms with van der Waals surface area (Å²) in [6, 6.07) is 11.8. The van der Waals surface area contributed by atoms with Crippen molar-refractivity contribution >= 4 is 17.7 Å². The van der Waals surface area contributed by atoms with Gasteiger partial charge in [0.2, 0.25) is 5.91 Å². The largest absolute Gasteiger partial charge is 0.573 e. The lowest BCUT2D eigenvalue weighted by molar-refractivity contribution is -0.274. The first-order chi connectivity index (χ1) is 15.6. The third kappa shape index (κ3) is 6.80. The standard InChI is InChI=1S/C23H21F3N2O5/c1-2-11-32-19-7-3-15(4-8-19)16-12-17(14-28(13-16)22(30)31)21(29)27-18-5-9-20(10-6-18)33-23(24,25)26/h1,3-10,16-17H,11-14H2,(H,27,29)(H,30,31). The number of halogens is 3. The summed E-state index contributed by atoms with van der Waals surface area (Å²) in [5, 5.41) is 12.1. The fraction of sp³-hybridized carbons (Fsp3) is 0.304. The molecule has 0 spiro atoms. The minimum absolute atomic E-state index is 0.0102. The molecule has 3 rings (SSSR count). The van der Waals surface area contributed by atoms with E-state index in [9.17, 15) is 27.9 Å². The molecule has 0 aromatic heterocycles. The lowest BCUT2D eigenvalue weighted by atomic mass is 9.84. The second-order valence-electron chi connectivity index (χ2n) is 7.44. The van der Waals surface area contributed by atoms with Crippen LogP contribution in [0.4, 0.5) is 23.7 Å². The second-order valence-corrected chi connectivity index (χ2v) is 7.44. The molecule has 1 saturated heterocycles. The minimum Gasteiger partial charge on any atom is -0.481 e. The van der Waals surface area contributed by atoms with Crippen molar-refractivity contribution < 1.29 is 37.3 Å². The van der Waals surface area contributed by atoms with E-state index in [4.69, 9.17) is 11.2 Å². The molecule has 33 heavy (non-hydrogen) atoms. The van der Waals surface area contributed by atoms with Crippen molar-refractivity contribution in [2.45, 2.75) is 18.7 Å². The van der Waals surface area contributed by atoms with Crippen LogP contribution in [0.1, 0.15) is 17.9 Å². The number of nitrogens with zero attached hydrogens (tertiary/aromatic N) is 1. The van der Waals surface area contributed by atoms with Crippen molar-refractivity contribution in [2.75, 3.05) is 25.0 Å². The number of hydrogen-bond donors (Lipinski definition) is 2. The summed E-state index contributed by atoms with van der Waals surface area (Å²) in [5.74, 6) is 1.23. The number of anilines is 1. The van der Waals surface area contributed by atoms with E-state index in [1.54, 1.807) is 24.3 Å². The number of alkyl halides is 3. The number of likely N-dealkylation sites (tertiary alicyclic amines) is 1. The van der Waals surface area contributed by atoms with Gasteiger partial charge in [0, 0.05) is 24.7 Å². The Kier molecular flexibility index (Phi) is 7.33. The molecule has 2 aromatic rings. The summed E-state index contributed by atoms with van der Waals surface area (Å²) in [6.45, 7) is 0.366. The average Bonchev–Trinajstić information content (AvgIpc) is 2.78. The highest BCUT2D eigenvalue weighted by Gasteiger charge is 2.35. The van der Waals surface area contributed by atoms with Crippen molar-refractivity contribution in [3.8, 4) is 23.8 Å². The molecule has 0 radical (unpaired) electrons. The number of carbonyl (C=O) groups is 2. The van der Waals surface area contributed by atoms with E-state index in [0.717, 1.165) is 17.7 Å². The Hall–Kier alpha value is -3.87. The van der Waals surface area contributed by atoms with E-state index in [-0.39, 0.29) is 31.3 Å². The molecule has 174 valence electrons. The van der Waals surface area contributed by atoms with E-state index in [1.165, 1.54) is 17.0 Å². The first kappa shape index (κ1) is 23.8. The van der Waals surface area contributed by atoms with Crippen molar-refractivity contribution in [1.29, 1.82) is 0 Å². The van der Waals surface area contributed by atoms with Gasteiger partial charge < -0.3 is 24.8 Å². The number of nitrogens with one attached hydrogen (secondary N) is 1. The number of hydrogen-bond acceptors (Lipinski definition) is 4. The van der Waals surface area contributed by atoms with Crippen LogP contribution < -0.4 is 14.8 Å². The van der Waals surface area contributed by atoms with Gasteiger partial charge in [0.05, 0.1) is 5.92 Å². The number of ether oxygens (including phenoxy) is 2. The van der Waals surface area contributed by atoms with Gasteiger partial charge in [-0.05, 0) is 48.4 Å². The summed E-state index contributed by atoms with van der Waals surface area (Å²) < 4.78 is 46.0. The Morgan fingerprint density at radius 3 is 2.30 bits per heavy atom. The number of piperidine rings is 1. The van der Waals surface area contributed by atoms with Crippen LogP contribution in [0.5, 0.6) is 11.5 Å². The van der Waals surface area contributed by atoms with Crippen LogP contribution in [0, 0.1) is 18.3 Å². The van der Waals surface area contributed by atoms with E-state index in [2.05, 4.69) is 16.0 Å². The normalized spacial score (nSPS) is 18.2. The van der Waals surface area contributed by atoms with Crippen molar-refractivity contribution in [1.82, 2.24) is 4.90 Å². The summed E-state index contributed by atoms with van der Waals surface area (Å²) in [6.07, 6.45) is -0.380. The van der Waals surface area contributed by atoms with Crippen LogP contribution in [0.15, 0.2) is 48.5 Å². The Bertz CT molecular complexity index is 1020. The lowest BCUT2D eigenvalue weighted by Gasteiger charge is -2.36. The Balaban J connectivity index is 1.69. The zero-order chi connectivity index (χ0) is 24.0. The molecular formula is C23H21F3N2O5. The fourth-order valence-corrected chi connectivity index (χ4v) is 3.63. The molecule has 1 aliphatic heterocycles. The number of benzene rings is 2. The molecule has 2 N–H and O–H groups in total. The topological polar surface area (TPSA) is 88.1 Å². The maximum Gasteiger partial charge on any atom is 0.573 e. The molecule has 0 saturated carbocycles. The van der Waals surface area contributed by atoms with Gasteiger partial charge in [-0.3, -0.25) is 4.79 Å².